The summed E-state index contributed by atoms with van der Waals surface area (Å²) in [6.07, 6.45) is -0.317. The van der Waals surface area contributed by atoms with Crippen LogP contribution in [0.15, 0.2) is 72.8 Å². The van der Waals surface area contributed by atoms with E-state index in [1.165, 1.54) is 0 Å². The van der Waals surface area contributed by atoms with E-state index in [2.05, 4.69) is 22.3 Å². The number of hydrogen-bond donors (Lipinski definition) is 1. The molecule has 1 unspecified atom stereocenters. The summed E-state index contributed by atoms with van der Waals surface area (Å²) in [4.78, 5) is 17.7. The number of rotatable bonds is 5. The number of nitrogens with zero attached hydrogens (tertiary/aromatic N) is 2. The van der Waals surface area contributed by atoms with Crippen molar-refractivity contribution in [3.8, 4) is 5.75 Å². The van der Waals surface area contributed by atoms with Gasteiger partial charge in [-0.2, -0.15) is 0 Å². The first-order chi connectivity index (χ1) is 15.7. The summed E-state index contributed by atoms with van der Waals surface area (Å²) < 4.78 is 11.1. The molecule has 164 valence electrons. The summed E-state index contributed by atoms with van der Waals surface area (Å²) in [6, 6.07) is 23.8. The van der Waals surface area contributed by atoms with E-state index in [4.69, 9.17) is 9.47 Å². The molecule has 0 aliphatic carbocycles. The lowest BCUT2D eigenvalue weighted by Gasteiger charge is -2.38. The summed E-state index contributed by atoms with van der Waals surface area (Å²) in [5.41, 5.74) is 4.51. The summed E-state index contributed by atoms with van der Waals surface area (Å²) >= 11 is 0. The molecule has 0 radical (unpaired) electrons. The van der Waals surface area contributed by atoms with E-state index in [9.17, 15) is 4.79 Å². The van der Waals surface area contributed by atoms with Crippen LogP contribution >= 0.6 is 0 Å². The van der Waals surface area contributed by atoms with Crippen LogP contribution in [0.1, 0.15) is 29.0 Å². The monoisotopic (exact) mass is 429 g/mol. The number of hydrogen-bond acceptors (Lipinski definition) is 5. The van der Waals surface area contributed by atoms with E-state index in [1.54, 1.807) is 0 Å². The number of carbonyl (C=O) groups is 1. The molecule has 1 atom stereocenters. The number of benzene rings is 3. The van der Waals surface area contributed by atoms with Gasteiger partial charge in [-0.05, 0) is 61.0 Å². The van der Waals surface area contributed by atoms with Crippen molar-refractivity contribution in [2.24, 2.45) is 0 Å². The molecule has 1 N–H and O–H groups in total. The van der Waals surface area contributed by atoms with Crippen LogP contribution in [-0.2, 0) is 4.74 Å². The highest BCUT2D eigenvalue weighted by atomic mass is 16.5. The Morgan fingerprint density at radius 3 is 2.34 bits per heavy atom. The first-order valence-corrected chi connectivity index (χ1v) is 11.1. The largest absolute Gasteiger partial charge is 0.494 e. The fourth-order valence-corrected chi connectivity index (χ4v) is 4.31. The van der Waals surface area contributed by atoms with Gasteiger partial charge >= 0.3 is 0 Å². The second-order valence-corrected chi connectivity index (χ2v) is 7.89. The van der Waals surface area contributed by atoms with Crippen molar-refractivity contribution in [1.82, 2.24) is 0 Å². The van der Waals surface area contributed by atoms with Gasteiger partial charge in [0.25, 0.3) is 5.91 Å². The second kappa shape index (κ2) is 8.93. The zero-order valence-corrected chi connectivity index (χ0v) is 18.2. The van der Waals surface area contributed by atoms with Gasteiger partial charge in [0, 0.05) is 30.2 Å². The smallest absolute Gasteiger partial charge is 0.262 e. The molecule has 3 aromatic rings. The summed E-state index contributed by atoms with van der Waals surface area (Å²) in [7, 11) is 0. The number of nitrogens with one attached hydrogen (secondary N) is 1. The summed E-state index contributed by atoms with van der Waals surface area (Å²) in [5, 5.41) is 3.56. The number of morpholine rings is 1. The number of amides is 1. The number of para-hydroxylation sites is 1. The molecule has 3 aromatic carbocycles. The van der Waals surface area contributed by atoms with E-state index in [0.29, 0.717) is 12.2 Å². The van der Waals surface area contributed by atoms with Gasteiger partial charge in [-0.1, -0.05) is 24.3 Å². The Balaban J connectivity index is 1.50. The predicted octanol–water partition coefficient (Wildman–Crippen LogP) is 4.69. The van der Waals surface area contributed by atoms with Crippen molar-refractivity contribution in [2.45, 2.75) is 13.1 Å². The number of anilines is 3. The van der Waals surface area contributed by atoms with Crippen molar-refractivity contribution >= 4 is 23.0 Å². The average molecular weight is 430 g/mol. The molecule has 5 rings (SSSR count). The van der Waals surface area contributed by atoms with Gasteiger partial charge < -0.3 is 19.7 Å². The molecule has 0 spiro atoms. The molecule has 2 heterocycles. The van der Waals surface area contributed by atoms with E-state index in [1.807, 2.05) is 72.5 Å². The molecule has 1 amide bonds. The van der Waals surface area contributed by atoms with Crippen LogP contribution in [-0.4, -0.2) is 38.8 Å². The minimum atomic E-state index is -0.317. The molecule has 6 heteroatoms. The van der Waals surface area contributed by atoms with Gasteiger partial charge in [0.05, 0.1) is 25.4 Å². The molecule has 0 aromatic heterocycles. The van der Waals surface area contributed by atoms with Crippen LogP contribution < -0.4 is 19.9 Å². The average Bonchev–Trinajstić information content (AvgIpc) is 2.85. The van der Waals surface area contributed by atoms with E-state index >= 15 is 0 Å². The number of ether oxygens (including phenoxy) is 2. The molecule has 2 aliphatic heterocycles. The maximum atomic E-state index is 13.6. The Hall–Kier alpha value is -3.51. The van der Waals surface area contributed by atoms with Crippen molar-refractivity contribution in [3.63, 3.8) is 0 Å². The molecule has 1 saturated heterocycles. The highest BCUT2D eigenvalue weighted by Crippen LogP contribution is 2.37. The first-order valence-electron chi connectivity index (χ1n) is 11.1. The lowest BCUT2D eigenvalue weighted by Crippen LogP contribution is -2.43. The predicted molar refractivity (Wildman–Crippen MR) is 127 cm³/mol. The molecular formula is C26H27N3O3. The maximum absolute atomic E-state index is 13.6. The normalized spacial score (nSPS) is 18.2. The van der Waals surface area contributed by atoms with Crippen molar-refractivity contribution in [1.29, 1.82) is 0 Å². The Morgan fingerprint density at radius 2 is 1.62 bits per heavy atom. The molecule has 0 bridgehead atoms. The molecular weight excluding hydrogens is 402 g/mol. The number of carbonyl (C=O) groups excluding carboxylic acids is 1. The Bertz CT molecular complexity index is 1080. The number of fused-ring (bicyclic) bond motifs is 1. The van der Waals surface area contributed by atoms with E-state index in [0.717, 1.165) is 54.7 Å². The van der Waals surface area contributed by atoms with Crippen molar-refractivity contribution < 1.29 is 14.3 Å². The standard InChI is InChI=1S/C26H27N3O3/c1-2-32-22-13-7-19(8-14-22)25-27-24-6-4-3-5-23(24)26(30)29(25)21-11-9-20(10-12-21)28-15-17-31-18-16-28/h3-14,25,27H,2,15-18H2,1H3. The van der Waals surface area contributed by atoms with E-state index in [-0.39, 0.29) is 12.1 Å². The zero-order valence-electron chi connectivity index (χ0n) is 18.2. The topological polar surface area (TPSA) is 54.0 Å². The van der Waals surface area contributed by atoms with Gasteiger partial charge in [-0.15, -0.1) is 0 Å². The minimum Gasteiger partial charge on any atom is -0.494 e. The quantitative estimate of drug-likeness (QED) is 0.638. The first kappa shape index (κ1) is 20.4. The highest BCUT2D eigenvalue weighted by Gasteiger charge is 2.34. The van der Waals surface area contributed by atoms with Gasteiger partial charge in [0.2, 0.25) is 0 Å². The van der Waals surface area contributed by atoms with Gasteiger partial charge in [-0.25, -0.2) is 0 Å². The van der Waals surface area contributed by atoms with Crippen LogP contribution in [0.2, 0.25) is 0 Å². The van der Waals surface area contributed by atoms with Crippen molar-refractivity contribution in [3.05, 3.63) is 83.9 Å². The van der Waals surface area contributed by atoms with Gasteiger partial charge in [0.1, 0.15) is 11.9 Å². The molecule has 6 nitrogen and oxygen atoms in total. The van der Waals surface area contributed by atoms with Crippen LogP contribution in [0.5, 0.6) is 5.75 Å². The Labute approximate surface area is 188 Å². The van der Waals surface area contributed by atoms with E-state index < -0.39 is 0 Å². The lowest BCUT2D eigenvalue weighted by molar-refractivity contribution is 0.0975. The summed E-state index contributed by atoms with van der Waals surface area (Å²) in [6.45, 7) is 5.83. The van der Waals surface area contributed by atoms with Crippen LogP contribution in [0.3, 0.4) is 0 Å². The van der Waals surface area contributed by atoms with Crippen molar-refractivity contribution in [2.75, 3.05) is 48.0 Å². The fraction of sp³-hybridized carbons (Fsp3) is 0.269. The molecule has 0 saturated carbocycles. The molecule has 2 aliphatic rings. The highest BCUT2D eigenvalue weighted by molar-refractivity contribution is 6.12. The third-order valence-corrected chi connectivity index (χ3v) is 5.94. The fourth-order valence-electron chi connectivity index (χ4n) is 4.31. The SMILES string of the molecule is CCOc1ccc(C2Nc3ccccc3C(=O)N2c2ccc(N3CCOCC3)cc2)cc1. The summed E-state index contributed by atoms with van der Waals surface area (Å²) in [5.74, 6) is 0.803. The zero-order chi connectivity index (χ0) is 21.9. The molecule has 32 heavy (non-hydrogen) atoms. The van der Waals surface area contributed by atoms with Gasteiger partial charge in [0.15, 0.2) is 0 Å². The van der Waals surface area contributed by atoms with Crippen LogP contribution in [0.4, 0.5) is 17.1 Å². The van der Waals surface area contributed by atoms with Crippen LogP contribution in [0, 0.1) is 0 Å². The minimum absolute atomic E-state index is 0.0163. The second-order valence-electron chi connectivity index (χ2n) is 7.89. The van der Waals surface area contributed by atoms with Gasteiger partial charge in [-0.3, -0.25) is 9.69 Å². The molecule has 1 fully saturated rings. The third-order valence-electron chi connectivity index (χ3n) is 5.94. The third kappa shape index (κ3) is 3.89. The Morgan fingerprint density at radius 1 is 0.938 bits per heavy atom. The maximum Gasteiger partial charge on any atom is 0.262 e. The Kier molecular flexibility index (Phi) is 5.69. The lowest BCUT2D eigenvalue weighted by atomic mass is 10.0. The van der Waals surface area contributed by atoms with Crippen LogP contribution in [0.25, 0.3) is 0 Å².